The lowest BCUT2D eigenvalue weighted by molar-refractivity contribution is -0.128. The fourth-order valence-electron chi connectivity index (χ4n) is 3.72. The molecule has 2 aromatic heterocycles. The molecule has 0 saturated heterocycles. The van der Waals surface area contributed by atoms with Crippen molar-refractivity contribution in [2.24, 2.45) is 13.0 Å². The lowest BCUT2D eigenvalue weighted by Crippen LogP contribution is -2.37. The molecule has 0 spiro atoms. The van der Waals surface area contributed by atoms with Gasteiger partial charge in [0.1, 0.15) is 17.0 Å². The minimum atomic E-state index is -0.473. The number of benzene rings is 1. The Morgan fingerprint density at radius 3 is 2.74 bits per heavy atom. The van der Waals surface area contributed by atoms with Crippen LogP contribution in [0.2, 0.25) is 0 Å². The third-order valence-corrected chi connectivity index (χ3v) is 5.09. The van der Waals surface area contributed by atoms with Crippen molar-refractivity contribution >= 4 is 16.7 Å². The van der Waals surface area contributed by atoms with Crippen molar-refractivity contribution in [2.75, 3.05) is 7.11 Å². The summed E-state index contributed by atoms with van der Waals surface area (Å²) in [4.78, 5) is 27.9. The van der Waals surface area contributed by atoms with Gasteiger partial charge in [0, 0.05) is 47.9 Å². The number of ketones is 1. The van der Waals surface area contributed by atoms with Crippen molar-refractivity contribution in [3.63, 3.8) is 0 Å². The number of rotatable bonds is 3. The molecule has 1 unspecified atom stereocenters. The Balaban J connectivity index is 2.01. The van der Waals surface area contributed by atoms with E-state index in [2.05, 4.69) is 4.98 Å². The van der Waals surface area contributed by atoms with Crippen LogP contribution in [0.1, 0.15) is 19.4 Å². The van der Waals surface area contributed by atoms with Gasteiger partial charge in [0.2, 0.25) is 0 Å². The molecule has 1 aliphatic heterocycles. The summed E-state index contributed by atoms with van der Waals surface area (Å²) in [5, 5.41) is 0.815. The normalized spacial score (nSPS) is 16.5. The van der Waals surface area contributed by atoms with Crippen LogP contribution >= 0.6 is 0 Å². The first-order valence-corrected chi connectivity index (χ1v) is 8.98. The van der Waals surface area contributed by atoms with Gasteiger partial charge in [-0.15, -0.1) is 0 Å². The van der Waals surface area contributed by atoms with Crippen LogP contribution in [0.25, 0.3) is 22.0 Å². The number of carbonyl (C=O) groups excluding carboxylic acids is 1. The average molecular weight is 366 g/mol. The van der Waals surface area contributed by atoms with Crippen molar-refractivity contribution < 1.29 is 14.3 Å². The van der Waals surface area contributed by atoms with Crippen molar-refractivity contribution in [2.45, 2.75) is 26.4 Å². The van der Waals surface area contributed by atoms with E-state index in [0.29, 0.717) is 23.4 Å². The van der Waals surface area contributed by atoms with Gasteiger partial charge in [0.15, 0.2) is 11.9 Å². The molecular weight excluding hydrogens is 344 g/mol. The zero-order valence-corrected chi connectivity index (χ0v) is 15.8. The molecule has 0 aliphatic carbocycles. The number of fused-ring (bicyclic) bond motifs is 2. The number of aryl methyl sites for hydroxylation is 1. The van der Waals surface area contributed by atoms with Gasteiger partial charge in [-0.2, -0.15) is 0 Å². The average Bonchev–Trinajstić information content (AvgIpc) is 3.13. The number of Topliss-reactive ketones (excluding diaryl/α,β-unsaturated/α-hetero) is 1. The van der Waals surface area contributed by atoms with Crippen LogP contribution in [0, 0.1) is 5.92 Å². The summed E-state index contributed by atoms with van der Waals surface area (Å²) in [5.74, 6) is 1.49. The summed E-state index contributed by atoms with van der Waals surface area (Å²) in [7, 11) is 3.32. The number of nitrogens with zero attached hydrogens (tertiary/aromatic N) is 1. The smallest absolute Gasteiger partial charge is 0.274 e. The maximum atomic E-state index is 12.5. The number of carbonyl (C=O) groups is 1. The van der Waals surface area contributed by atoms with Crippen molar-refractivity contribution in [3.05, 3.63) is 46.5 Å². The molecule has 140 valence electrons. The Hall–Kier alpha value is -3.02. The highest BCUT2D eigenvalue weighted by atomic mass is 16.5. The second-order valence-electron chi connectivity index (χ2n) is 7.31. The molecule has 0 bridgehead atoms. The number of H-pyrrole nitrogens is 1. The van der Waals surface area contributed by atoms with Gasteiger partial charge in [-0.05, 0) is 24.1 Å². The van der Waals surface area contributed by atoms with Crippen LogP contribution in [-0.4, -0.2) is 28.5 Å². The van der Waals surface area contributed by atoms with Crippen molar-refractivity contribution in [1.82, 2.24) is 9.55 Å². The predicted octanol–water partition coefficient (Wildman–Crippen LogP) is 3.07. The van der Waals surface area contributed by atoms with E-state index < -0.39 is 6.10 Å². The number of hydrogen-bond acceptors (Lipinski definition) is 4. The van der Waals surface area contributed by atoms with Crippen LogP contribution in [0.4, 0.5) is 0 Å². The molecule has 1 atom stereocenters. The van der Waals surface area contributed by atoms with Crippen LogP contribution in [-0.2, 0) is 18.3 Å². The third kappa shape index (κ3) is 2.72. The number of aromatic amines is 1. The summed E-state index contributed by atoms with van der Waals surface area (Å²) in [5.41, 5.74) is 2.94. The Morgan fingerprint density at radius 1 is 1.26 bits per heavy atom. The van der Waals surface area contributed by atoms with E-state index in [9.17, 15) is 9.59 Å². The van der Waals surface area contributed by atoms with Gasteiger partial charge < -0.3 is 19.0 Å². The van der Waals surface area contributed by atoms with Gasteiger partial charge >= 0.3 is 0 Å². The molecule has 1 aromatic carbocycles. The number of ether oxygens (including phenoxy) is 2. The van der Waals surface area contributed by atoms with Gasteiger partial charge in [0.25, 0.3) is 5.56 Å². The fraction of sp³-hybridized carbons (Fsp3) is 0.333. The molecule has 27 heavy (non-hydrogen) atoms. The maximum absolute atomic E-state index is 12.5. The number of hydrogen-bond donors (Lipinski definition) is 1. The van der Waals surface area contributed by atoms with E-state index in [1.165, 1.54) is 0 Å². The molecule has 0 fully saturated rings. The standard InChI is InChI=1S/C21H22N2O4/c1-11(2)19-17(24)8-12-7-13(26-4)9-15(20(12)27-19)16-10-23(3)21(25)18-14(16)5-6-22-18/h5-7,9-11,19,22H,8H2,1-4H3. The highest BCUT2D eigenvalue weighted by Gasteiger charge is 2.33. The predicted molar refractivity (Wildman–Crippen MR) is 103 cm³/mol. The number of methoxy groups -OCH3 is 1. The first kappa shape index (κ1) is 17.4. The second-order valence-corrected chi connectivity index (χ2v) is 7.31. The Labute approximate surface area is 156 Å². The fourth-order valence-corrected chi connectivity index (χ4v) is 3.72. The molecule has 6 nitrogen and oxygen atoms in total. The van der Waals surface area contributed by atoms with E-state index in [1.54, 1.807) is 31.1 Å². The summed E-state index contributed by atoms with van der Waals surface area (Å²) < 4.78 is 13.2. The molecular formula is C21H22N2O4. The molecule has 3 heterocycles. The van der Waals surface area contributed by atoms with Crippen molar-refractivity contribution in [1.29, 1.82) is 0 Å². The lowest BCUT2D eigenvalue weighted by atomic mass is 9.90. The van der Waals surface area contributed by atoms with E-state index in [1.807, 2.05) is 32.0 Å². The number of pyridine rings is 1. The highest BCUT2D eigenvalue weighted by Crippen LogP contribution is 2.42. The van der Waals surface area contributed by atoms with E-state index >= 15 is 0 Å². The first-order valence-electron chi connectivity index (χ1n) is 8.98. The monoisotopic (exact) mass is 366 g/mol. The Kier molecular flexibility index (Phi) is 4.06. The maximum Gasteiger partial charge on any atom is 0.274 e. The van der Waals surface area contributed by atoms with Crippen LogP contribution in [0.3, 0.4) is 0 Å². The van der Waals surface area contributed by atoms with E-state index in [4.69, 9.17) is 9.47 Å². The molecule has 1 N–H and O–H groups in total. The van der Waals surface area contributed by atoms with Crippen LogP contribution in [0.5, 0.6) is 11.5 Å². The summed E-state index contributed by atoms with van der Waals surface area (Å²) in [6, 6.07) is 5.63. The molecule has 3 aromatic rings. The SMILES string of the molecule is COc1cc2c(c(-c3cn(C)c(=O)c4[nH]ccc34)c1)OC(C(C)C)C(=O)C2. The third-order valence-electron chi connectivity index (χ3n) is 5.09. The zero-order chi connectivity index (χ0) is 19.3. The van der Waals surface area contributed by atoms with Gasteiger partial charge in [-0.25, -0.2) is 0 Å². The second kappa shape index (κ2) is 6.30. The topological polar surface area (TPSA) is 73.3 Å². The van der Waals surface area contributed by atoms with Crippen LogP contribution < -0.4 is 15.0 Å². The van der Waals surface area contributed by atoms with E-state index in [0.717, 1.165) is 22.1 Å². The molecule has 0 saturated carbocycles. The van der Waals surface area contributed by atoms with Gasteiger partial charge in [-0.1, -0.05) is 13.8 Å². The molecule has 6 heteroatoms. The molecule has 0 amide bonds. The summed E-state index contributed by atoms with van der Waals surface area (Å²) in [6.45, 7) is 3.96. The van der Waals surface area contributed by atoms with Crippen molar-refractivity contribution in [3.8, 4) is 22.6 Å². The molecule has 0 radical (unpaired) electrons. The minimum absolute atomic E-state index is 0.0731. The quantitative estimate of drug-likeness (QED) is 0.773. The van der Waals surface area contributed by atoms with E-state index in [-0.39, 0.29) is 17.3 Å². The minimum Gasteiger partial charge on any atom is -0.497 e. The first-order chi connectivity index (χ1) is 12.9. The summed E-state index contributed by atoms with van der Waals surface area (Å²) in [6.07, 6.45) is 3.39. The molecule has 4 rings (SSSR count). The van der Waals surface area contributed by atoms with Gasteiger partial charge in [0.05, 0.1) is 7.11 Å². The number of aromatic nitrogens is 2. The Bertz CT molecular complexity index is 1110. The van der Waals surface area contributed by atoms with Gasteiger partial charge in [-0.3, -0.25) is 9.59 Å². The largest absolute Gasteiger partial charge is 0.497 e. The lowest BCUT2D eigenvalue weighted by Gasteiger charge is -2.30. The number of nitrogens with one attached hydrogen (secondary N) is 1. The highest BCUT2D eigenvalue weighted by molar-refractivity contribution is 5.98. The zero-order valence-electron chi connectivity index (χ0n) is 15.8. The summed E-state index contributed by atoms with van der Waals surface area (Å²) >= 11 is 0. The molecule has 1 aliphatic rings. The Morgan fingerprint density at radius 2 is 2.04 bits per heavy atom. The van der Waals surface area contributed by atoms with Crippen LogP contribution in [0.15, 0.2) is 35.4 Å².